The van der Waals surface area contributed by atoms with Crippen molar-refractivity contribution in [2.24, 2.45) is 0 Å². The highest BCUT2D eigenvalue weighted by atomic mass is 32.1. The second-order valence-corrected chi connectivity index (χ2v) is 15.4. The standard InChI is InChI=1S/C51H30N4OS/c1-3-13-31(14-4-1)32-23-25-34(26-24-32)50-52-49(33-15-5-2-6-16-33)53-51(54-50)39-27-29-41(45-37-18-8-11-21-42(37)56-48(39)45)55-40-20-10-7-17-35(40)36-28-30-44-46(47(36)55)38-19-9-12-22-43(38)57-44/h1-30H. The van der Waals surface area contributed by atoms with Crippen molar-refractivity contribution in [1.29, 1.82) is 0 Å². The van der Waals surface area contributed by atoms with Crippen LogP contribution in [0.2, 0.25) is 0 Å². The molecule has 8 aromatic carbocycles. The van der Waals surface area contributed by atoms with Gasteiger partial charge in [-0.25, -0.2) is 15.0 Å². The fourth-order valence-electron chi connectivity index (χ4n) is 8.47. The molecule has 0 aliphatic rings. The summed E-state index contributed by atoms with van der Waals surface area (Å²) in [4.78, 5) is 15.4. The Bertz CT molecular complexity index is 3510. The van der Waals surface area contributed by atoms with E-state index in [1.165, 1.54) is 36.5 Å². The Balaban J connectivity index is 1.14. The molecule has 12 rings (SSSR count). The SMILES string of the molecule is c1ccc(-c2ccc(-c3nc(-c4ccccc4)nc(-c4ccc(-n5c6ccccc6c6ccc7sc8ccccc8c7c65)c5c4oc4ccccc45)n3)cc2)cc1. The number of furan rings is 1. The van der Waals surface area contributed by atoms with Crippen LogP contribution in [0.25, 0.3) is 115 Å². The Morgan fingerprint density at radius 3 is 1.79 bits per heavy atom. The van der Waals surface area contributed by atoms with Crippen LogP contribution in [0.15, 0.2) is 186 Å². The number of para-hydroxylation sites is 2. The Labute approximate surface area is 330 Å². The van der Waals surface area contributed by atoms with Gasteiger partial charge >= 0.3 is 0 Å². The zero-order valence-electron chi connectivity index (χ0n) is 30.4. The van der Waals surface area contributed by atoms with Gasteiger partial charge in [-0.15, -0.1) is 11.3 Å². The molecular weight excluding hydrogens is 717 g/mol. The van der Waals surface area contributed by atoms with Crippen molar-refractivity contribution in [2.75, 3.05) is 0 Å². The zero-order valence-corrected chi connectivity index (χ0v) is 31.2. The van der Waals surface area contributed by atoms with Crippen LogP contribution in [-0.2, 0) is 0 Å². The van der Waals surface area contributed by atoms with Crippen molar-refractivity contribution in [2.45, 2.75) is 0 Å². The fourth-order valence-corrected chi connectivity index (χ4v) is 9.58. The number of hydrogen-bond acceptors (Lipinski definition) is 5. The molecule has 0 unspecified atom stereocenters. The highest BCUT2D eigenvalue weighted by Gasteiger charge is 2.24. The average molecular weight is 747 g/mol. The molecule has 5 nitrogen and oxygen atoms in total. The topological polar surface area (TPSA) is 56.7 Å². The highest BCUT2D eigenvalue weighted by molar-refractivity contribution is 7.26. The molecule has 0 radical (unpaired) electrons. The van der Waals surface area contributed by atoms with Gasteiger partial charge in [-0.05, 0) is 47.5 Å². The Morgan fingerprint density at radius 2 is 1.00 bits per heavy atom. The number of rotatable bonds is 5. The van der Waals surface area contributed by atoms with E-state index >= 15 is 0 Å². The van der Waals surface area contributed by atoms with Crippen LogP contribution in [0.1, 0.15) is 0 Å². The molecule has 4 heterocycles. The summed E-state index contributed by atoms with van der Waals surface area (Å²) in [5.41, 5.74) is 9.84. The molecule has 0 bridgehead atoms. The highest BCUT2D eigenvalue weighted by Crippen LogP contribution is 2.46. The molecule has 0 atom stereocenters. The van der Waals surface area contributed by atoms with Gasteiger partial charge in [-0.2, -0.15) is 0 Å². The molecule has 0 amide bonds. The van der Waals surface area contributed by atoms with E-state index in [0.717, 1.165) is 61.0 Å². The molecule has 0 saturated carbocycles. The molecule has 0 fully saturated rings. The van der Waals surface area contributed by atoms with Crippen molar-refractivity contribution >= 4 is 75.3 Å². The van der Waals surface area contributed by atoms with Crippen LogP contribution < -0.4 is 0 Å². The largest absolute Gasteiger partial charge is 0.455 e. The number of aromatic nitrogens is 4. The van der Waals surface area contributed by atoms with Gasteiger partial charge in [0.15, 0.2) is 17.5 Å². The maximum absolute atomic E-state index is 6.89. The summed E-state index contributed by atoms with van der Waals surface area (Å²) < 4.78 is 11.9. The molecule has 0 aliphatic heterocycles. The molecule has 6 heteroatoms. The molecular formula is C51H30N4OS. The third kappa shape index (κ3) is 4.98. The van der Waals surface area contributed by atoms with Crippen molar-refractivity contribution in [3.8, 4) is 51.0 Å². The molecule has 0 aliphatic carbocycles. The minimum atomic E-state index is 0.551. The summed E-state index contributed by atoms with van der Waals surface area (Å²) in [6.07, 6.45) is 0. The van der Waals surface area contributed by atoms with E-state index in [0.29, 0.717) is 17.5 Å². The van der Waals surface area contributed by atoms with Gasteiger partial charge in [-0.1, -0.05) is 146 Å². The number of nitrogens with zero attached hydrogens (tertiary/aromatic N) is 4. The van der Waals surface area contributed by atoms with Crippen molar-refractivity contribution in [1.82, 2.24) is 19.5 Å². The van der Waals surface area contributed by atoms with Gasteiger partial charge < -0.3 is 8.98 Å². The van der Waals surface area contributed by atoms with Crippen LogP contribution >= 0.6 is 11.3 Å². The first-order valence-electron chi connectivity index (χ1n) is 19.0. The number of fused-ring (bicyclic) bond motifs is 10. The van der Waals surface area contributed by atoms with Crippen LogP contribution in [0.4, 0.5) is 0 Å². The first-order valence-corrected chi connectivity index (χ1v) is 19.8. The molecule has 0 saturated heterocycles. The van der Waals surface area contributed by atoms with Gasteiger partial charge in [0.25, 0.3) is 0 Å². The lowest BCUT2D eigenvalue weighted by Crippen LogP contribution is -2.01. The number of hydrogen-bond donors (Lipinski definition) is 0. The normalized spacial score (nSPS) is 11.9. The third-order valence-electron chi connectivity index (χ3n) is 11.1. The van der Waals surface area contributed by atoms with E-state index in [4.69, 9.17) is 19.4 Å². The molecule has 0 N–H and O–H groups in total. The molecule has 4 aromatic heterocycles. The van der Waals surface area contributed by atoms with E-state index in [9.17, 15) is 0 Å². The third-order valence-corrected chi connectivity index (χ3v) is 12.2. The zero-order chi connectivity index (χ0) is 37.5. The van der Waals surface area contributed by atoms with Crippen LogP contribution in [0.5, 0.6) is 0 Å². The summed E-state index contributed by atoms with van der Waals surface area (Å²) >= 11 is 1.84. The van der Waals surface area contributed by atoms with Gasteiger partial charge in [0.2, 0.25) is 0 Å². The lowest BCUT2D eigenvalue weighted by Gasteiger charge is -2.13. The first-order chi connectivity index (χ1) is 28.3. The maximum Gasteiger partial charge on any atom is 0.167 e. The van der Waals surface area contributed by atoms with Crippen molar-refractivity contribution in [3.63, 3.8) is 0 Å². The van der Waals surface area contributed by atoms with Crippen LogP contribution in [-0.4, -0.2) is 19.5 Å². The minimum Gasteiger partial charge on any atom is -0.455 e. The van der Waals surface area contributed by atoms with E-state index in [-0.39, 0.29) is 0 Å². The van der Waals surface area contributed by atoms with Gasteiger partial charge in [0.05, 0.1) is 27.7 Å². The Morgan fingerprint density at radius 1 is 0.404 bits per heavy atom. The second-order valence-electron chi connectivity index (χ2n) is 14.3. The lowest BCUT2D eigenvalue weighted by atomic mass is 10.0. The van der Waals surface area contributed by atoms with E-state index < -0.39 is 0 Å². The van der Waals surface area contributed by atoms with E-state index in [1.807, 2.05) is 59.9 Å². The molecule has 266 valence electrons. The van der Waals surface area contributed by atoms with Crippen LogP contribution in [0, 0.1) is 0 Å². The summed E-state index contributed by atoms with van der Waals surface area (Å²) in [6, 6.07) is 63.6. The van der Waals surface area contributed by atoms with Crippen molar-refractivity contribution in [3.05, 3.63) is 182 Å². The van der Waals surface area contributed by atoms with Crippen LogP contribution in [0.3, 0.4) is 0 Å². The average Bonchev–Trinajstić information content (AvgIpc) is 3.97. The summed E-state index contributed by atoms with van der Waals surface area (Å²) in [6.45, 7) is 0. The molecule has 12 aromatic rings. The lowest BCUT2D eigenvalue weighted by molar-refractivity contribution is 0.669. The number of thiophene rings is 1. The Kier molecular flexibility index (Phi) is 7.03. The monoisotopic (exact) mass is 746 g/mol. The predicted octanol–water partition coefficient (Wildman–Crippen LogP) is 13.9. The second kappa shape index (κ2) is 12.6. The quantitative estimate of drug-likeness (QED) is 0.176. The van der Waals surface area contributed by atoms with Gasteiger partial charge in [0.1, 0.15) is 11.2 Å². The summed E-state index contributed by atoms with van der Waals surface area (Å²) in [5.74, 6) is 1.75. The van der Waals surface area contributed by atoms with Crippen molar-refractivity contribution < 1.29 is 4.42 Å². The summed E-state index contributed by atoms with van der Waals surface area (Å²) in [7, 11) is 0. The predicted molar refractivity (Wildman–Crippen MR) is 236 cm³/mol. The first kappa shape index (κ1) is 31.9. The maximum atomic E-state index is 6.89. The van der Waals surface area contributed by atoms with Gasteiger partial charge in [-0.3, -0.25) is 0 Å². The minimum absolute atomic E-state index is 0.551. The molecule has 57 heavy (non-hydrogen) atoms. The van der Waals surface area contributed by atoms with E-state index in [1.54, 1.807) is 0 Å². The molecule has 0 spiro atoms. The summed E-state index contributed by atoms with van der Waals surface area (Å²) in [5, 5.41) is 7.01. The van der Waals surface area contributed by atoms with E-state index in [2.05, 4.69) is 138 Å². The van der Waals surface area contributed by atoms with Gasteiger partial charge in [0, 0.05) is 47.5 Å². The Hall–Kier alpha value is -7.41. The smallest absolute Gasteiger partial charge is 0.167 e. The fraction of sp³-hybridized carbons (Fsp3) is 0. The number of benzene rings is 8.